The number of hydrogen-bond acceptors (Lipinski definition) is 6. The van der Waals surface area contributed by atoms with E-state index in [1.54, 1.807) is 0 Å². The van der Waals surface area contributed by atoms with E-state index in [4.69, 9.17) is 0 Å². The number of nitro groups is 1. The molecule has 0 saturated heterocycles. The highest BCUT2D eigenvalue weighted by molar-refractivity contribution is 5.69. The lowest BCUT2D eigenvalue weighted by Crippen LogP contribution is -2.11. The lowest BCUT2D eigenvalue weighted by Gasteiger charge is -2.08. The Balaban J connectivity index is 2.23. The molecule has 1 aliphatic rings. The van der Waals surface area contributed by atoms with Crippen molar-refractivity contribution in [2.75, 3.05) is 17.2 Å². The zero-order chi connectivity index (χ0) is 13.1. The van der Waals surface area contributed by atoms with Crippen LogP contribution in [0.2, 0.25) is 0 Å². The summed E-state index contributed by atoms with van der Waals surface area (Å²) in [6.45, 7) is 4.57. The second-order valence-corrected chi connectivity index (χ2v) is 4.36. The molecule has 2 rings (SSSR count). The zero-order valence-corrected chi connectivity index (χ0v) is 10.5. The molecule has 1 aromatic heterocycles. The van der Waals surface area contributed by atoms with E-state index in [9.17, 15) is 10.1 Å². The van der Waals surface area contributed by atoms with Crippen LogP contribution in [0, 0.1) is 16.0 Å². The van der Waals surface area contributed by atoms with E-state index in [-0.39, 0.29) is 11.5 Å². The number of nitrogens with zero attached hydrogens (tertiary/aromatic N) is 3. The van der Waals surface area contributed by atoms with E-state index >= 15 is 0 Å². The Bertz CT molecular complexity index is 451. The lowest BCUT2D eigenvalue weighted by atomic mass is 10.3. The lowest BCUT2D eigenvalue weighted by molar-refractivity contribution is -0.383. The molecule has 2 atom stereocenters. The Morgan fingerprint density at radius 1 is 1.44 bits per heavy atom. The Labute approximate surface area is 105 Å². The number of hydrogen-bond donors (Lipinski definition) is 2. The summed E-state index contributed by atoms with van der Waals surface area (Å²) in [6, 6.07) is 0.304. The molecule has 2 N–H and O–H groups in total. The smallest absolute Gasteiger partial charge is 0.353 e. The third-order valence-corrected chi connectivity index (χ3v) is 3.12. The summed E-state index contributed by atoms with van der Waals surface area (Å²) in [5.74, 6) is 1.18. The SMILES string of the molecule is CCNc1ncnc(NC2CC2CC)c1[N+](=O)[O-]. The van der Waals surface area contributed by atoms with Crippen LogP contribution < -0.4 is 10.6 Å². The molecular weight excluding hydrogens is 234 g/mol. The van der Waals surface area contributed by atoms with E-state index in [1.165, 1.54) is 6.33 Å². The average molecular weight is 251 g/mol. The summed E-state index contributed by atoms with van der Waals surface area (Å²) in [4.78, 5) is 18.6. The van der Waals surface area contributed by atoms with Gasteiger partial charge in [0.15, 0.2) is 0 Å². The second kappa shape index (κ2) is 5.16. The van der Waals surface area contributed by atoms with E-state index in [0.717, 1.165) is 12.8 Å². The van der Waals surface area contributed by atoms with Crippen LogP contribution in [0.1, 0.15) is 26.7 Å². The fourth-order valence-electron chi connectivity index (χ4n) is 2.01. The van der Waals surface area contributed by atoms with Crippen LogP contribution in [-0.4, -0.2) is 27.5 Å². The van der Waals surface area contributed by atoms with Crippen molar-refractivity contribution in [2.24, 2.45) is 5.92 Å². The predicted octanol–water partition coefficient (Wildman–Crippen LogP) is 2.03. The molecule has 98 valence electrons. The van der Waals surface area contributed by atoms with Crippen LogP contribution in [0.25, 0.3) is 0 Å². The summed E-state index contributed by atoms with van der Waals surface area (Å²) in [6.07, 6.45) is 3.47. The minimum atomic E-state index is -0.441. The van der Waals surface area contributed by atoms with Crippen molar-refractivity contribution in [3.05, 3.63) is 16.4 Å². The second-order valence-electron chi connectivity index (χ2n) is 4.36. The topological polar surface area (TPSA) is 93.0 Å². The first-order chi connectivity index (χ1) is 8.67. The molecular formula is C11H17N5O2. The highest BCUT2D eigenvalue weighted by Gasteiger charge is 2.37. The van der Waals surface area contributed by atoms with Crippen molar-refractivity contribution in [3.8, 4) is 0 Å². The molecule has 0 aliphatic heterocycles. The van der Waals surface area contributed by atoms with E-state index in [1.807, 2.05) is 6.92 Å². The van der Waals surface area contributed by atoms with Gasteiger partial charge in [0.05, 0.1) is 4.92 Å². The number of anilines is 2. The third kappa shape index (κ3) is 2.49. The summed E-state index contributed by atoms with van der Waals surface area (Å²) in [7, 11) is 0. The average Bonchev–Trinajstić information content (AvgIpc) is 3.08. The Hall–Kier alpha value is -1.92. The molecule has 18 heavy (non-hydrogen) atoms. The molecule has 1 aliphatic carbocycles. The molecule has 7 heteroatoms. The van der Waals surface area contributed by atoms with Gasteiger partial charge in [-0.1, -0.05) is 13.3 Å². The Kier molecular flexibility index (Phi) is 3.59. The van der Waals surface area contributed by atoms with Gasteiger partial charge in [-0.15, -0.1) is 0 Å². The largest absolute Gasteiger partial charge is 0.364 e. The maximum Gasteiger partial charge on any atom is 0.353 e. The Morgan fingerprint density at radius 3 is 2.72 bits per heavy atom. The molecule has 0 bridgehead atoms. The van der Waals surface area contributed by atoms with Gasteiger partial charge in [0.2, 0.25) is 11.6 Å². The van der Waals surface area contributed by atoms with Crippen molar-refractivity contribution in [1.29, 1.82) is 0 Å². The van der Waals surface area contributed by atoms with Gasteiger partial charge in [0.25, 0.3) is 0 Å². The zero-order valence-electron chi connectivity index (χ0n) is 10.5. The maximum atomic E-state index is 11.1. The molecule has 0 amide bonds. The van der Waals surface area contributed by atoms with Gasteiger partial charge in [-0.3, -0.25) is 10.1 Å². The highest BCUT2D eigenvalue weighted by Crippen LogP contribution is 2.38. The van der Waals surface area contributed by atoms with Crippen LogP contribution in [0.15, 0.2) is 6.33 Å². The first-order valence-electron chi connectivity index (χ1n) is 6.17. The van der Waals surface area contributed by atoms with Gasteiger partial charge in [-0.25, -0.2) is 9.97 Å². The highest BCUT2D eigenvalue weighted by atomic mass is 16.6. The number of aromatic nitrogens is 2. The fraction of sp³-hybridized carbons (Fsp3) is 0.636. The molecule has 1 fully saturated rings. The fourth-order valence-corrected chi connectivity index (χ4v) is 2.01. The van der Waals surface area contributed by atoms with Gasteiger partial charge in [0, 0.05) is 12.6 Å². The van der Waals surface area contributed by atoms with Crippen molar-refractivity contribution in [3.63, 3.8) is 0 Å². The van der Waals surface area contributed by atoms with Crippen molar-refractivity contribution in [1.82, 2.24) is 9.97 Å². The summed E-state index contributed by atoms with van der Waals surface area (Å²) < 4.78 is 0. The summed E-state index contributed by atoms with van der Waals surface area (Å²) >= 11 is 0. The molecule has 1 saturated carbocycles. The maximum absolute atomic E-state index is 11.1. The van der Waals surface area contributed by atoms with E-state index in [0.29, 0.717) is 24.3 Å². The van der Waals surface area contributed by atoms with Gasteiger partial charge in [-0.2, -0.15) is 0 Å². The molecule has 2 unspecified atom stereocenters. The molecule has 1 aromatic rings. The van der Waals surface area contributed by atoms with Gasteiger partial charge >= 0.3 is 5.69 Å². The van der Waals surface area contributed by atoms with Gasteiger partial charge in [0.1, 0.15) is 6.33 Å². The molecule has 7 nitrogen and oxygen atoms in total. The predicted molar refractivity (Wildman–Crippen MR) is 68.7 cm³/mol. The van der Waals surface area contributed by atoms with Gasteiger partial charge < -0.3 is 10.6 Å². The molecule has 1 heterocycles. The first kappa shape index (κ1) is 12.5. The third-order valence-electron chi connectivity index (χ3n) is 3.12. The van der Waals surface area contributed by atoms with Crippen LogP contribution in [0.5, 0.6) is 0 Å². The number of nitrogens with one attached hydrogen (secondary N) is 2. The minimum absolute atomic E-state index is 0.0684. The number of rotatable bonds is 6. The van der Waals surface area contributed by atoms with E-state index in [2.05, 4.69) is 27.5 Å². The normalized spacial score (nSPS) is 21.4. The monoisotopic (exact) mass is 251 g/mol. The molecule has 0 spiro atoms. The van der Waals surface area contributed by atoms with Crippen molar-refractivity contribution in [2.45, 2.75) is 32.7 Å². The molecule has 0 aromatic carbocycles. The van der Waals surface area contributed by atoms with E-state index < -0.39 is 4.92 Å². The summed E-state index contributed by atoms with van der Waals surface area (Å²) in [5.41, 5.74) is -0.0684. The Morgan fingerprint density at radius 2 is 2.17 bits per heavy atom. The first-order valence-corrected chi connectivity index (χ1v) is 6.17. The van der Waals surface area contributed by atoms with Crippen LogP contribution in [-0.2, 0) is 0 Å². The van der Waals surface area contributed by atoms with Gasteiger partial charge in [-0.05, 0) is 19.3 Å². The van der Waals surface area contributed by atoms with Crippen LogP contribution in [0.4, 0.5) is 17.3 Å². The standard InChI is InChI=1S/C11H17N5O2/c1-3-7-5-8(7)15-11-9(16(17)18)10(12-4-2)13-6-14-11/h6-8H,3-5H2,1-2H3,(H2,12,13,14,15). The summed E-state index contributed by atoms with van der Waals surface area (Å²) in [5, 5.41) is 17.1. The minimum Gasteiger partial charge on any atom is -0.364 e. The molecule has 0 radical (unpaired) electrons. The van der Waals surface area contributed by atoms with Crippen LogP contribution >= 0.6 is 0 Å². The quantitative estimate of drug-likeness (QED) is 0.593. The van der Waals surface area contributed by atoms with Crippen molar-refractivity contribution >= 4 is 17.3 Å². The van der Waals surface area contributed by atoms with Crippen molar-refractivity contribution < 1.29 is 4.92 Å². The van der Waals surface area contributed by atoms with Crippen LogP contribution in [0.3, 0.4) is 0 Å².